The number of carbonyl (C=O) groups excluding carboxylic acids is 1. The lowest BCUT2D eigenvalue weighted by atomic mass is 10.0. The molecule has 1 N–H and O–H groups in total. The molecule has 0 radical (unpaired) electrons. The number of anilines is 1. The molecule has 1 atom stereocenters. The van der Waals surface area contributed by atoms with Gasteiger partial charge in [0.05, 0.1) is 23.7 Å². The van der Waals surface area contributed by atoms with E-state index in [1.54, 1.807) is 12.1 Å². The van der Waals surface area contributed by atoms with Crippen molar-refractivity contribution < 1.29 is 4.79 Å². The molecule has 168 valence electrons. The first kappa shape index (κ1) is 23.8. The summed E-state index contributed by atoms with van der Waals surface area (Å²) in [4.78, 5) is 15.2. The molecule has 0 saturated heterocycles. The second-order valence-corrected chi connectivity index (χ2v) is 8.14. The molecule has 1 unspecified atom stereocenters. The van der Waals surface area contributed by atoms with Crippen LogP contribution in [0.15, 0.2) is 54.6 Å². The number of amides is 1. The van der Waals surface area contributed by atoms with E-state index in [0.717, 1.165) is 22.4 Å². The SMILES string of the molecule is CCN(CC(=O)Nc1c(C#N)c(C)c(C)n1Cc1ccccc1)C(C)c1ccc(C#N)cc1. The number of benzene rings is 2. The Kier molecular flexibility index (Phi) is 7.66. The third-order valence-corrected chi connectivity index (χ3v) is 6.21. The highest BCUT2D eigenvalue weighted by Crippen LogP contribution is 2.28. The summed E-state index contributed by atoms with van der Waals surface area (Å²) < 4.78 is 2.00. The molecule has 3 aromatic rings. The molecule has 0 aliphatic carbocycles. The van der Waals surface area contributed by atoms with Crippen LogP contribution in [0.1, 0.15) is 53.4 Å². The van der Waals surface area contributed by atoms with Gasteiger partial charge in [-0.15, -0.1) is 0 Å². The maximum Gasteiger partial charge on any atom is 0.239 e. The highest BCUT2D eigenvalue weighted by atomic mass is 16.2. The van der Waals surface area contributed by atoms with Gasteiger partial charge in [0.25, 0.3) is 0 Å². The predicted octanol–water partition coefficient (Wildman–Crippen LogP) is 4.92. The number of hydrogen-bond donors (Lipinski definition) is 1. The van der Waals surface area contributed by atoms with Gasteiger partial charge in [-0.25, -0.2) is 0 Å². The van der Waals surface area contributed by atoms with Gasteiger partial charge in [0, 0.05) is 18.3 Å². The van der Waals surface area contributed by atoms with Crippen LogP contribution in [0, 0.1) is 36.5 Å². The van der Waals surface area contributed by atoms with E-state index in [4.69, 9.17) is 5.26 Å². The van der Waals surface area contributed by atoms with Crippen molar-refractivity contribution in [3.63, 3.8) is 0 Å². The van der Waals surface area contributed by atoms with Crippen LogP contribution in [0.4, 0.5) is 5.82 Å². The Morgan fingerprint density at radius 3 is 2.30 bits per heavy atom. The molecule has 1 aromatic heterocycles. The Hall–Kier alpha value is -3.87. The van der Waals surface area contributed by atoms with Gasteiger partial charge in [-0.1, -0.05) is 49.4 Å². The Balaban J connectivity index is 1.81. The minimum Gasteiger partial charge on any atom is -0.326 e. The summed E-state index contributed by atoms with van der Waals surface area (Å²) in [7, 11) is 0. The number of nitrogens with one attached hydrogen (secondary N) is 1. The maximum absolute atomic E-state index is 13.1. The molecule has 1 heterocycles. The minimum absolute atomic E-state index is 0.00325. The number of aromatic nitrogens is 1. The van der Waals surface area contributed by atoms with Gasteiger partial charge in [0.15, 0.2) is 0 Å². The molecule has 33 heavy (non-hydrogen) atoms. The molecule has 0 bridgehead atoms. The van der Waals surface area contributed by atoms with E-state index in [-0.39, 0.29) is 18.5 Å². The summed E-state index contributed by atoms with van der Waals surface area (Å²) in [6, 6.07) is 21.8. The lowest BCUT2D eigenvalue weighted by Gasteiger charge is -2.27. The second-order valence-electron chi connectivity index (χ2n) is 8.14. The van der Waals surface area contributed by atoms with E-state index in [1.165, 1.54) is 0 Å². The fourth-order valence-corrected chi connectivity index (χ4v) is 4.02. The summed E-state index contributed by atoms with van der Waals surface area (Å²) >= 11 is 0. The molecule has 2 aromatic carbocycles. The van der Waals surface area contributed by atoms with Gasteiger partial charge in [0.2, 0.25) is 5.91 Å². The van der Waals surface area contributed by atoms with Gasteiger partial charge in [-0.05, 0) is 56.1 Å². The molecular weight excluding hydrogens is 410 g/mol. The molecule has 6 nitrogen and oxygen atoms in total. The number of nitriles is 2. The summed E-state index contributed by atoms with van der Waals surface area (Å²) in [5.74, 6) is 0.379. The number of likely N-dealkylation sites (N-methyl/N-ethyl adjacent to an activating group) is 1. The van der Waals surface area contributed by atoms with Crippen LogP contribution in [0.25, 0.3) is 0 Å². The largest absolute Gasteiger partial charge is 0.326 e. The van der Waals surface area contributed by atoms with Gasteiger partial charge in [-0.2, -0.15) is 10.5 Å². The van der Waals surface area contributed by atoms with Crippen LogP contribution >= 0.6 is 0 Å². The number of carbonyl (C=O) groups is 1. The molecule has 6 heteroatoms. The Morgan fingerprint density at radius 2 is 1.73 bits per heavy atom. The van der Waals surface area contributed by atoms with Gasteiger partial charge < -0.3 is 9.88 Å². The average Bonchev–Trinajstić information content (AvgIpc) is 3.06. The molecule has 0 aliphatic heterocycles. The van der Waals surface area contributed by atoms with Crippen molar-refractivity contribution in [2.45, 2.75) is 40.3 Å². The minimum atomic E-state index is -0.166. The van der Waals surface area contributed by atoms with Crippen LogP contribution in [0.3, 0.4) is 0 Å². The smallest absolute Gasteiger partial charge is 0.239 e. The zero-order chi connectivity index (χ0) is 24.0. The predicted molar refractivity (Wildman–Crippen MR) is 130 cm³/mol. The zero-order valence-corrected chi connectivity index (χ0v) is 19.6. The summed E-state index contributed by atoms with van der Waals surface area (Å²) in [5, 5.41) is 21.8. The van der Waals surface area contributed by atoms with E-state index in [9.17, 15) is 10.1 Å². The normalized spacial score (nSPS) is 11.6. The van der Waals surface area contributed by atoms with E-state index >= 15 is 0 Å². The van der Waals surface area contributed by atoms with Gasteiger partial charge >= 0.3 is 0 Å². The first-order valence-electron chi connectivity index (χ1n) is 11.1. The molecule has 0 aliphatic rings. The van der Waals surface area contributed by atoms with Crippen molar-refractivity contribution in [1.82, 2.24) is 9.47 Å². The highest BCUT2D eigenvalue weighted by molar-refractivity contribution is 5.93. The van der Waals surface area contributed by atoms with E-state index in [2.05, 4.69) is 22.4 Å². The highest BCUT2D eigenvalue weighted by Gasteiger charge is 2.22. The number of rotatable bonds is 8. The summed E-state index contributed by atoms with van der Waals surface area (Å²) in [6.45, 7) is 9.39. The molecule has 0 fully saturated rings. The lowest BCUT2D eigenvalue weighted by Crippen LogP contribution is -2.35. The van der Waals surface area contributed by atoms with Crippen LogP contribution in [0.5, 0.6) is 0 Å². The quantitative estimate of drug-likeness (QED) is 0.540. The van der Waals surface area contributed by atoms with Crippen molar-refractivity contribution in [2.75, 3.05) is 18.4 Å². The fraction of sp³-hybridized carbons (Fsp3) is 0.296. The molecular formula is C27H29N5O. The van der Waals surface area contributed by atoms with Crippen LogP contribution in [0.2, 0.25) is 0 Å². The lowest BCUT2D eigenvalue weighted by molar-refractivity contribution is -0.117. The van der Waals surface area contributed by atoms with Gasteiger partial charge in [-0.3, -0.25) is 9.69 Å². The van der Waals surface area contributed by atoms with E-state index < -0.39 is 0 Å². The maximum atomic E-state index is 13.1. The number of nitrogens with zero attached hydrogens (tertiary/aromatic N) is 4. The van der Waals surface area contributed by atoms with Crippen LogP contribution in [-0.4, -0.2) is 28.5 Å². The molecule has 0 saturated carbocycles. The summed E-state index contributed by atoms with van der Waals surface area (Å²) in [5.41, 5.74) is 5.09. The molecule has 3 rings (SSSR count). The third kappa shape index (κ3) is 5.31. The van der Waals surface area contributed by atoms with E-state index in [0.29, 0.717) is 30.0 Å². The Labute approximate surface area is 195 Å². The van der Waals surface area contributed by atoms with Crippen molar-refractivity contribution in [2.24, 2.45) is 0 Å². The van der Waals surface area contributed by atoms with Crippen molar-refractivity contribution in [3.05, 3.63) is 88.1 Å². The zero-order valence-electron chi connectivity index (χ0n) is 19.6. The topological polar surface area (TPSA) is 84.8 Å². The van der Waals surface area contributed by atoms with Crippen molar-refractivity contribution in [3.8, 4) is 12.1 Å². The summed E-state index contributed by atoms with van der Waals surface area (Å²) in [6.07, 6.45) is 0. The van der Waals surface area contributed by atoms with E-state index in [1.807, 2.05) is 74.7 Å². The van der Waals surface area contributed by atoms with Crippen molar-refractivity contribution in [1.29, 1.82) is 10.5 Å². The first-order chi connectivity index (χ1) is 15.9. The third-order valence-electron chi connectivity index (χ3n) is 6.21. The average molecular weight is 440 g/mol. The van der Waals surface area contributed by atoms with Crippen LogP contribution < -0.4 is 5.32 Å². The van der Waals surface area contributed by atoms with Crippen LogP contribution in [-0.2, 0) is 11.3 Å². The second kappa shape index (κ2) is 10.6. The Morgan fingerprint density at radius 1 is 1.06 bits per heavy atom. The molecule has 0 spiro atoms. The van der Waals surface area contributed by atoms with Crippen molar-refractivity contribution >= 4 is 11.7 Å². The monoisotopic (exact) mass is 439 g/mol. The standard InChI is InChI=1S/C27H29N5O/c1-5-31(21(4)24-13-11-22(15-28)12-14-24)18-26(33)30-27-25(16-29)19(2)20(3)32(27)17-23-9-7-6-8-10-23/h6-14,21H,5,17-18H2,1-4H3,(H,30,33). The Bertz CT molecular complexity index is 1200. The molecule has 1 amide bonds. The first-order valence-corrected chi connectivity index (χ1v) is 11.1. The number of hydrogen-bond acceptors (Lipinski definition) is 4. The van der Waals surface area contributed by atoms with Gasteiger partial charge in [0.1, 0.15) is 11.9 Å². The fourth-order valence-electron chi connectivity index (χ4n) is 4.02.